The maximum absolute atomic E-state index is 8.36. The fourth-order valence-electron chi connectivity index (χ4n) is 1.29. The zero-order chi connectivity index (χ0) is 10.9. The number of hydrogen-bond donors (Lipinski definition) is 1. The van der Waals surface area contributed by atoms with E-state index in [4.69, 9.17) is 10.00 Å². The van der Waals surface area contributed by atoms with Crippen molar-refractivity contribution in [2.45, 2.75) is 19.4 Å². The van der Waals surface area contributed by atoms with Gasteiger partial charge in [0.15, 0.2) is 0 Å². The molecular weight excluding hydrogens is 188 g/mol. The summed E-state index contributed by atoms with van der Waals surface area (Å²) in [7, 11) is 1.92. The van der Waals surface area contributed by atoms with Crippen LogP contribution in [0.15, 0.2) is 24.3 Å². The molecule has 80 valence electrons. The minimum absolute atomic E-state index is 0.552. The molecule has 0 aliphatic heterocycles. The van der Waals surface area contributed by atoms with Gasteiger partial charge in [-0.05, 0) is 31.2 Å². The van der Waals surface area contributed by atoms with Crippen LogP contribution in [-0.2, 0) is 6.54 Å². The molecular formula is C12H16N2O. The molecule has 0 aliphatic rings. The van der Waals surface area contributed by atoms with E-state index in [1.54, 1.807) is 0 Å². The molecule has 0 atom stereocenters. The highest BCUT2D eigenvalue weighted by Crippen LogP contribution is 2.13. The minimum atomic E-state index is 0.552. The molecule has 3 nitrogen and oxygen atoms in total. The van der Waals surface area contributed by atoms with E-state index < -0.39 is 0 Å². The maximum atomic E-state index is 8.36. The van der Waals surface area contributed by atoms with E-state index in [2.05, 4.69) is 17.5 Å². The van der Waals surface area contributed by atoms with Crippen molar-refractivity contribution in [3.8, 4) is 11.8 Å². The predicted molar refractivity (Wildman–Crippen MR) is 59.5 cm³/mol. The monoisotopic (exact) mass is 204 g/mol. The summed E-state index contributed by atoms with van der Waals surface area (Å²) in [5.41, 5.74) is 1.20. The molecule has 15 heavy (non-hydrogen) atoms. The highest BCUT2D eigenvalue weighted by Gasteiger charge is 1.95. The number of ether oxygens (including phenoxy) is 1. The molecule has 0 aliphatic carbocycles. The van der Waals surface area contributed by atoms with Crippen LogP contribution in [0.3, 0.4) is 0 Å². The zero-order valence-electron chi connectivity index (χ0n) is 8.99. The van der Waals surface area contributed by atoms with E-state index in [0.717, 1.165) is 18.7 Å². The third-order valence-electron chi connectivity index (χ3n) is 1.98. The first kappa shape index (κ1) is 11.5. The van der Waals surface area contributed by atoms with E-state index in [1.807, 2.05) is 25.2 Å². The van der Waals surface area contributed by atoms with Crippen LogP contribution >= 0.6 is 0 Å². The molecule has 0 amide bonds. The average molecular weight is 204 g/mol. The molecule has 0 radical (unpaired) electrons. The number of nitrogens with zero attached hydrogens (tertiary/aromatic N) is 1. The van der Waals surface area contributed by atoms with Crippen LogP contribution in [0.5, 0.6) is 5.75 Å². The minimum Gasteiger partial charge on any atom is -0.494 e. The molecule has 0 heterocycles. The Kier molecular flexibility index (Phi) is 5.28. The topological polar surface area (TPSA) is 45.0 Å². The molecule has 0 spiro atoms. The second-order valence-electron chi connectivity index (χ2n) is 3.29. The molecule has 0 aromatic heterocycles. The molecule has 1 aromatic rings. The van der Waals surface area contributed by atoms with E-state index >= 15 is 0 Å². The lowest BCUT2D eigenvalue weighted by Gasteiger charge is -2.06. The van der Waals surface area contributed by atoms with Gasteiger partial charge in [0.05, 0.1) is 12.7 Å². The van der Waals surface area contributed by atoms with Gasteiger partial charge in [0.2, 0.25) is 0 Å². The lowest BCUT2D eigenvalue weighted by atomic mass is 10.2. The molecule has 3 heteroatoms. The Labute approximate surface area is 90.7 Å². The van der Waals surface area contributed by atoms with Crippen molar-refractivity contribution in [3.05, 3.63) is 29.8 Å². The Bertz CT molecular complexity index is 331. The van der Waals surface area contributed by atoms with Crippen molar-refractivity contribution in [2.24, 2.45) is 0 Å². The second kappa shape index (κ2) is 6.86. The Morgan fingerprint density at radius 3 is 3.07 bits per heavy atom. The van der Waals surface area contributed by atoms with Crippen LogP contribution in [0, 0.1) is 11.3 Å². The molecule has 0 unspecified atom stereocenters. The van der Waals surface area contributed by atoms with Gasteiger partial charge in [-0.2, -0.15) is 5.26 Å². The molecule has 0 bridgehead atoms. The predicted octanol–water partition coefficient (Wildman–Crippen LogP) is 2.09. The van der Waals surface area contributed by atoms with Crippen molar-refractivity contribution in [1.29, 1.82) is 5.26 Å². The van der Waals surface area contributed by atoms with Crippen molar-refractivity contribution >= 4 is 0 Å². The normalized spacial score (nSPS) is 9.60. The van der Waals surface area contributed by atoms with Gasteiger partial charge in [-0.3, -0.25) is 0 Å². The molecule has 0 saturated heterocycles. The summed E-state index contributed by atoms with van der Waals surface area (Å²) in [6, 6.07) is 10.1. The van der Waals surface area contributed by atoms with Gasteiger partial charge in [-0.15, -0.1) is 0 Å². The molecule has 0 saturated carbocycles. The van der Waals surface area contributed by atoms with E-state index in [0.29, 0.717) is 13.0 Å². The van der Waals surface area contributed by atoms with Gasteiger partial charge < -0.3 is 10.1 Å². The standard InChI is InChI=1S/C12H16N2O/c1-14-10-11-5-4-6-12(9-11)15-8-3-2-7-13/h4-6,9,14H,2-3,8,10H2,1H3. The molecule has 1 aromatic carbocycles. The number of hydrogen-bond acceptors (Lipinski definition) is 3. The van der Waals surface area contributed by atoms with Crippen LogP contribution in [0.2, 0.25) is 0 Å². The van der Waals surface area contributed by atoms with Crippen LogP contribution in [0.25, 0.3) is 0 Å². The summed E-state index contributed by atoms with van der Waals surface area (Å²) in [4.78, 5) is 0. The first-order chi connectivity index (χ1) is 7.36. The maximum Gasteiger partial charge on any atom is 0.119 e. The van der Waals surface area contributed by atoms with Gasteiger partial charge in [0, 0.05) is 13.0 Å². The zero-order valence-corrected chi connectivity index (χ0v) is 8.99. The molecule has 1 N–H and O–H groups in total. The summed E-state index contributed by atoms with van der Waals surface area (Å²) in [6.07, 6.45) is 1.34. The van der Waals surface area contributed by atoms with Crippen LogP contribution in [-0.4, -0.2) is 13.7 Å². The number of rotatable bonds is 6. The van der Waals surface area contributed by atoms with Gasteiger partial charge >= 0.3 is 0 Å². The van der Waals surface area contributed by atoms with E-state index in [1.165, 1.54) is 5.56 Å². The van der Waals surface area contributed by atoms with Gasteiger partial charge in [0.1, 0.15) is 5.75 Å². The second-order valence-corrected chi connectivity index (χ2v) is 3.29. The Morgan fingerprint density at radius 1 is 1.47 bits per heavy atom. The molecule has 1 rings (SSSR count). The Balaban J connectivity index is 2.40. The number of nitrogens with one attached hydrogen (secondary N) is 1. The summed E-state index contributed by atoms with van der Waals surface area (Å²) >= 11 is 0. The number of nitriles is 1. The van der Waals surface area contributed by atoms with Crippen LogP contribution in [0.1, 0.15) is 18.4 Å². The fraction of sp³-hybridized carbons (Fsp3) is 0.417. The quantitative estimate of drug-likeness (QED) is 0.722. The Morgan fingerprint density at radius 2 is 2.33 bits per heavy atom. The fourth-order valence-corrected chi connectivity index (χ4v) is 1.29. The highest BCUT2D eigenvalue weighted by atomic mass is 16.5. The highest BCUT2D eigenvalue weighted by molar-refractivity contribution is 5.28. The largest absolute Gasteiger partial charge is 0.494 e. The van der Waals surface area contributed by atoms with Gasteiger partial charge in [0.25, 0.3) is 0 Å². The first-order valence-corrected chi connectivity index (χ1v) is 5.10. The SMILES string of the molecule is CNCc1cccc(OCCCC#N)c1. The molecule has 0 fully saturated rings. The summed E-state index contributed by atoms with van der Waals surface area (Å²) in [5.74, 6) is 0.876. The van der Waals surface area contributed by atoms with Crippen molar-refractivity contribution < 1.29 is 4.74 Å². The number of unbranched alkanes of at least 4 members (excludes halogenated alkanes) is 1. The van der Waals surface area contributed by atoms with Gasteiger partial charge in [-0.25, -0.2) is 0 Å². The van der Waals surface area contributed by atoms with Crippen LogP contribution in [0.4, 0.5) is 0 Å². The van der Waals surface area contributed by atoms with E-state index in [-0.39, 0.29) is 0 Å². The average Bonchev–Trinajstić information content (AvgIpc) is 2.26. The number of benzene rings is 1. The lowest BCUT2D eigenvalue weighted by molar-refractivity contribution is 0.312. The lowest BCUT2D eigenvalue weighted by Crippen LogP contribution is -2.05. The van der Waals surface area contributed by atoms with Crippen molar-refractivity contribution in [1.82, 2.24) is 5.32 Å². The first-order valence-electron chi connectivity index (χ1n) is 5.10. The van der Waals surface area contributed by atoms with Crippen LogP contribution < -0.4 is 10.1 Å². The van der Waals surface area contributed by atoms with Crippen molar-refractivity contribution in [2.75, 3.05) is 13.7 Å². The van der Waals surface area contributed by atoms with E-state index in [9.17, 15) is 0 Å². The third kappa shape index (κ3) is 4.48. The smallest absolute Gasteiger partial charge is 0.119 e. The summed E-state index contributed by atoms with van der Waals surface area (Å²) < 4.78 is 5.52. The summed E-state index contributed by atoms with van der Waals surface area (Å²) in [5, 5.41) is 11.5. The van der Waals surface area contributed by atoms with Crippen molar-refractivity contribution in [3.63, 3.8) is 0 Å². The van der Waals surface area contributed by atoms with Gasteiger partial charge in [-0.1, -0.05) is 12.1 Å². The Hall–Kier alpha value is -1.53. The summed E-state index contributed by atoms with van der Waals surface area (Å²) in [6.45, 7) is 1.45. The third-order valence-corrected chi connectivity index (χ3v) is 1.98.